The minimum atomic E-state index is -0.127. The highest BCUT2D eigenvalue weighted by atomic mass is 32.1. The van der Waals surface area contributed by atoms with Gasteiger partial charge in [-0.15, -0.1) is 0 Å². The van der Waals surface area contributed by atoms with Crippen LogP contribution >= 0.6 is 11.3 Å². The van der Waals surface area contributed by atoms with Crippen LogP contribution < -0.4 is 9.64 Å². The molecule has 0 radical (unpaired) electrons. The molecular formula is C25H20N2O3S. The summed E-state index contributed by atoms with van der Waals surface area (Å²) in [6.07, 6.45) is 1.61. The van der Waals surface area contributed by atoms with Crippen molar-refractivity contribution in [3.05, 3.63) is 89.9 Å². The van der Waals surface area contributed by atoms with Crippen LogP contribution in [0.3, 0.4) is 0 Å². The maximum atomic E-state index is 13.7. The second-order valence-corrected chi connectivity index (χ2v) is 8.27. The number of benzene rings is 3. The normalized spacial score (nSPS) is 11.2. The fourth-order valence-corrected chi connectivity index (χ4v) is 4.69. The van der Waals surface area contributed by atoms with Crippen LogP contribution in [0.1, 0.15) is 21.7 Å². The average molecular weight is 429 g/mol. The summed E-state index contributed by atoms with van der Waals surface area (Å²) < 4.78 is 12.0. The van der Waals surface area contributed by atoms with Crippen molar-refractivity contribution in [2.75, 3.05) is 12.0 Å². The van der Waals surface area contributed by atoms with Crippen LogP contribution in [0.25, 0.3) is 21.0 Å². The van der Waals surface area contributed by atoms with E-state index in [1.54, 1.807) is 18.3 Å². The Morgan fingerprint density at radius 2 is 1.90 bits per heavy atom. The number of methoxy groups -OCH3 is 1. The molecule has 0 aliphatic rings. The Morgan fingerprint density at radius 1 is 1.06 bits per heavy atom. The van der Waals surface area contributed by atoms with Crippen molar-refractivity contribution in [3.63, 3.8) is 0 Å². The van der Waals surface area contributed by atoms with Gasteiger partial charge in [-0.2, -0.15) is 0 Å². The number of hydrogen-bond donors (Lipinski definition) is 0. The number of hydrogen-bond acceptors (Lipinski definition) is 5. The number of thiazole rings is 1. The highest BCUT2D eigenvalue weighted by Gasteiger charge is 2.24. The number of fused-ring (bicyclic) bond motifs is 2. The minimum Gasteiger partial charge on any atom is -0.494 e. The lowest BCUT2D eigenvalue weighted by Crippen LogP contribution is -2.30. The minimum absolute atomic E-state index is 0.127. The molecule has 0 saturated carbocycles. The topological polar surface area (TPSA) is 55.6 Å². The monoisotopic (exact) mass is 428 g/mol. The zero-order chi connectivity index (χ0) is 21.4. The van der Waals surface area contributed by atoms with Crippen LogP contribution in [0.2, 0.25) is 0 Å². The molecule has 3 aromatic carbocycles. The number of anilines is 1. The summed E-state index contributed by atoms with van der Waals surface area (Å²) in [5, 5.41) is 2.72. The van der Waals surface area contributed by atoms with Crippen molar-refractivity contribution in [2.45, 2.75) is 13.5 Å². The van der Waals surface area contributed by atoms with Crippen LogP contribution in [0.5, 0.6) is 5.75 Å². The number of nitrogens with zero attached hydrogens (tertiary/aromatic N) is 2. The molecule has 6 heteroatoms. The quantitative estimate of drug-likeness (QED) is 0.334. The lowest BCUT2D eigenvalue weighted by molar-refractivity contribution is 0.0983. The lowest BCUT2D eigenvalue weighted by atomic mass is 10.1. The van der Waals surface area contributed by atoms with Crippen LogP contribution in [0, 0.1) is 6.92 Å². The molecule has 2 aromatic heterocycles. The summed E-state index contributed by atoms with van der Waals surface area (Å²) in [5.74, 6) is 1.26. The standard InChI is InChI=1S/C25H20N2O3S/c1-16-9-12-21(29-2)22-23(16)31-25(26-22)27(15-20-8-5-13-30-20)24(28)19-11-10-17-6-3-4-7-18(17)14-19/h3-14H,15H2,1-2H3. The Morgan fingerprint density at radius 3 is 2.68 bits per heavy atom. The molecular weight excluding hydrogens is 408 g/mol. The summed E-state index contributed by atoms with van der Waals surface area (Å²) in [7, 11) is 1.63. The fourth-order valence-electron chi connectivity index (χ4n) is 3.64. The second kappa shape index (κ2) is 7.89. The predicted molar refractivity (Wildman–Crippen MR) is 124 cm³/mol. The van der Waals surface area contributed by atoms with Crippen LogP contribution in [-0.4, -0.2) is 18.0 Å². The SMILES string of the molecule is COc1ccc(C)c2sc(N(Cc3ccco3)C(=O)c3ccc4ccccc4c3)nc12. The molecule has 0 fully saturated rings. The van der Waals surface area contributed by atoms with Gasteiger partial charge in [0.25, 0.3) is 5.91 Å². The third-order valence-electron chi connectivity index (χ3n) is 5.28. The van der Waals surface area contributed by atoms with Gasteiger partial charge < -0.3 is 9.15 Å². The van der Waals surface area contributed by atoms with Crippen molar-refractivity contribution >= 4 is 43.4 Å². The van der Waals surface area contributed by atoms with Crippen LogP contribution in [0.4, 0.5) is 5.13 Å². The zero-order valence-electron chi connectivity index (χ0n) is 17.2. The molecule has 31 heavy (non-hydrogen) atoms. The first kappa shape index (κ1) is 19.3. The van der Waals surface area contributed by atoms with Crippen molar-refractivity contribution in [1.82, 2.24) is 4.98 Å². The van der Waals surface area contributed by atoms with E-state index in [1.165, 1.54) is 11.3 Å². The zero-order valence-corrected chi connectivity index (χ0v) is 18.0. The van der Waals surface area contributed by atoms with Gasteiger partial charge in [0.1, 0.15) is 17.0 Å². The second-order valence-electron chi connectivity index (χ2n) is 7.29. The molecule has 0 saturated heterocycles. The average Bonchev–Trinajstić information content (AvgIpc) is 3.47. The molecule has 5 aromatic rings. The van der Waals surface area contributed by atoms with Crippen molar-refractivity contribution in [1.29, 1.82) is 0 Å². The smallest absolute Gasteiger partial charge is 0.260 e. The predicted octanol–water partition coefficient (Wildman–Crippen LogP) is 6.21. The van der Waals surface area contributed by atoms with Crippen LogP contribution in [0.15, 0.2) is 77.4 Å². The molecule has 0 bridgehead atoms. The first-order valence-corrected chi connectivity index (χ1v) is 10.7. The van der Waals surface area contributed by atoms with E-state index in [0.29, 0.717) is 28.7 Å². The summed E-state index contributed by atoms with van der Waals surface area (Å²) in [6, 6.07) is 21.4. The molecule has 2 heterocycles. The molecule has 0 atom stereocenters. The molecule has 154 valence electrons. The molecule has 0 N–H and O–H groups in total. The van der Waals surface area contributed by atoms with E-state index in [1.807, 2.05) is 73.7 Å². The van der Waals surface area contributed by atoms with Crippen molar-refractivity contribution in [2.24, 2.45) is 0 Å². The Labute approximate surface area is 183 Å². The van der Waals surface area contributed by atoms with E-state index in [9.17, 15) is 4.79 Å². The first-order chi connectivity index (χ1) is 15.1. The molecule has 5 nitrogen and oxygen atoms in total. The van der Waals surface area contributed by atoms with Gasteiger partial charge in [-0.25, -0.2) is 4.98 Å². The summed E-state index contributed by atoms with van der Waals surface area (Å²) in [6.45, 7) is 2.33. The number of furan rings is 1. The maximum Gasteiger partial charge on any atom is 0.260 e. The Bertz CT molecular complexity index is 1390. The number of aromatic nitrogens is 1. The van der Waals surface area contributed by atoms with E-state index in [-0.39, 0.29) is 5.91 Å². The molecule has 0 aliphatic carbocycles. The molecule has 0 aliphatic heterocycles. The fraction of sp³-hybridized carbons (Fsp3) is 0.120. The van der Waals surface area contributed by atoms with E-state index in [4.69, 9.17) is 14.1 Å². The van der Waals surface area contributed by atoms with Crippen molar-refractivity contribution < 1.29 is 13.9 Å². The third-order valence-corrected chi connectivity index (χ3v) is 6.49. The van der Waals surface area contributed by atoms with Gasteiger partial charge in [0.15, 0.2) is 5.13 Å². The highest BCUT2D eigenvalue weighted by molar-refractivity contribution is 7.22. The molecule has 5 rings (SSSR count). The van der Waals surface area contributed by atoms with Gasteiger partial charge in [-0.3, -0.25) is 9.69 Å². The summed E-state index contributed by atoms with van der Waals surface area (Å²) in [4.78, 5) is 20.1. The lowest BCUT2D eigenvalue weighted by Gasteiger charge is -2.19. The Hall–Kier alpha value is -3.64. The number of carbonyl (C=O) groups is 1. The van der Waals surface area contributed by atoms with Crippen LogP contribution in [-0.2, 0) is 6.54 Å². The molecule has 0 spiro atoms. The summed E-state index contributed by atoms with van der Waals surface area (Å²) >= 11 is 1.48. The largest absolute Gasteiger partial charge is 0.494 e. The molecule has 1 amide bonds. The highest BCUT2D eigenvalue weighted by Crippen LogP contribution is 2.37. The van der Waals surface area contributed by atoms with Crippen molar-refractivity contribution in [3.8, 4) is 5.75 Å². The van der Waals surface area contributed by atoms with Gasteiger partial charge in [0.2, 0.25) is 0 Å². The number of aryl methyl sites for hydroxylation is 1. The Kier molecular flexibility index (Phi) is 4.92. The maximum absolute atomic E-state index is 13.7. The third kappa shape index (κ3) is 3.55. The number of carbonyl (C=O) groups excluding carboxylic acids is 1. The van der Waals surface area contributed by atoms with E-state index in [0.717, 1.165) is 26.6 Å². The van der Waals surface area contributed by atoms with Gasteiger partial charge in [0.05, 0.1) is 24.6 Å². The van der Waals surface area contributed by atoms with Gasteiger partial charge >= 0.3 is 0 Å². The molecule has 0 unspecified atom stereocenters. The van der Waals surface area contributed by atoms with E-state index >= 15 is 0 Å². The van der Waals surface area contributed by atoms with E-state index in [2.05, 4.69) is 0 Å². The first-order valence-electron chi connectivity index (χ1n) is 9.91. The number of rotatable bonds is 5. The summed E-state index contributed by atoms with van der Waals surface area (Å²) in [5.41, 5.74) is 2.46. The Balaban J connectivity index is 1.62. The van der Waals surface area contributed by atoms with Gasteiger partial charge in [-0.1, -0.05) is 47.7 Å². The van der Waals surface area contributed by atoms with E-state index < -0.39 is 0 Å². The van der Waals surface area contributed by atoms with Gasteiger partial charge in [-0.05, 0) is 53.6 Å². The number of ether oxygens (including phenoxy) is 1. The number of amides is 1. The van der Waals surface area contributed by atoms with Gasteiger partial charge in [0, 0.05) is 5.56 Å².